The predicted molar refractivity (Wildman–Crippen MR) is 85.3 cm³/mol. The molecule has 1 amide bonds. The van der Waals surface area contributed by atoms with Crippen molar-refractivity contribution in [3.8, 4) is 0 Å². The fraction of sp³-hybridized carbons (Fsp3) is 0.188. The van der Waals surface area contributed by atoms with E-state index in [0.717, 1.165) is 5.56 Å². The van der Waals surface area contributed by atoms with Crippen molar-refractivity contribution in [1.82, 2.24) is 0 Å². The highest BCUT2D eigenvalue weighted by atomic mass is 35.5. The molecule has 0 saturated heterocycles. The summed E-state index contributed by atoms with van der Waals surface area (Å²) >= 11 is 5.81. The van der Waals surface area contributed by atoms with Crippen LogP contribution in [0.15, 0.2) is 48.5 Å². The summed E-state index contributed by atoms with van der Waals surface area (Å²) in [7, 11) is 0. The number of halogens is 1. The van der Waals surface area contributed by atoms with Crippen molar-refractivity contribution in [2.24, 2.45) is 0 Å². The maximum atomic E-state index is 11.9. The molecule has 3 N–H and O–H groups in total. The molecule has 0 aliphatic rings. The number of anilines is 2. The Bertz CT molecular complexity index is 617. The van der Waals surface area contributed by atoms with Gasteiger partial charge in [-0.05, 0) is 30.7 Å². The van der Waals surface area contributed by atoms with Crippen LogP contribution in [0.25, 0.3) is 0 Å². The van der Waals surface area contributed by atoms with E-state index in [1.165, 1.54) is 0 Å². The Balaban J connectivity index is 1.87. The first kappa shape index (κ1) is 15.4. The smallest absolute Gasteiger partial charge is 0.250 e. The predicted octanol–water partition coefficient (Wildman–Crippen LogP) is 3.64. The van der Waals surface area contributed by atoms with Gasteiger partial charge in [0.25, 0.3) is 0 Å². The standard InChI is InChI=1S/C16H17ClN2O2/c1-11(12-5-3-2-4-6-12)21-10-16(20)19-15-8-7-13(17)9-14(15)18/h2-9,11H,10,18H2,1H3,(H,19,20). The number of hydrogen-bond donors (Lipinski definition) is 2. The van der Waals surface area contributed by atoms with Gasteiger partial charge in [0.15, 0.2) is 0 Å². The van der Waals surface area contributed by atoms with E-state index in [4.69, 9.17) is 22.1 Å². The monoisotopic (exact) mass is 304 g/mol. The molecule has 1 atom stereocenters. The first-order chi connectivity index (χ1) is 10.1. The number of rotatable bonds is 5. The largest absolute Gasteiger partial charge is 0.397 e. The lowest BCUT2D eigenvalue weighted by Gasteiger charge is -2.14. The number of hydrogen-bond acceptors (Lipinski definition) is 3. The number of nitrogen functional groups attached to an aromatic ring is 1. The molecular formula is C16H17ClN2O2. The minimum absolute atomic E-state index is 0.0435. The van der Waals surface area contributed by atoms with E-state index < -0.39 is 0 Å². The molecule has 0 radical (unpaired) electrons. The van der Waals surface area contributed by atoms with E-state index >= 15 is 0 Å². The van der Waals surface area contributed by atoms with Gasteiger partial charge >= 0.3 is 0 Å². The van der Waals surface area contributed by atoms with E-state index in [1.807, 2.05) is 37.3 Å². The molecule has 2 rings (SSSR count). The topological polar surface area (TPSA) is 64.3 Å². The summed E-state index contributed by atoms with van der Waals surface area (Å²) in [5, 5.41) is 3.22. The van der Waals surface area contributed by atoms with Gasteiger partial charge in [-0.3, -0.25) is 4.79 Å². The van der Waals surface area contributed by atoms with Gasteiger partial charge in [-0.2, -0.15) is 0 Å². The molecule has 0 bridgehead atoms. The number of benzene rings is 2. The van der Waals surface area contributed by atoms with Crippen LogP contribution in [-0.4, -0.2) is 12.5 Å². The molecule has 21 heavy (non-hydrogen) atoms. The second-order valence-corrected chi connectivity index (χ2v) is 5.08. The molecule has 1 unspecified atom stereocenters. The normalized spacial score (nSPS) is 11.9. The summed E-state index contributed by atoms with van der Waals surface area (Å²) in [6.07, 6.45) is -0.153. The van der Waals surface area contributed by atoms with Crippen molar-refractivity contribution >= 4 is 28.9 Å². The van der Waals surface area contributed by atoms with Crippen LogP contribution in [0.1, 0.15) is 18.6 Å². The van der Waals surface area contributed by atoms with Crippen molar-refractivity contribution in [3.05, 3.63) is 59.1 Å². The maximum Gasteiger partial charge on any atom is 0.250 e. The molecule has 0 aromatic heterocycles. The van der Waals surface area contributed by atoms with Crippen LogP contribution >= 0.6 is 11.6 Å². The number of amides is 1. The molecule has 0 saturated carbocycles. The number of ether oxygens (including phenoxy) is 1. The molecule has 4 nitrogen and oxygen atoms in total. The highest BCUT2D eigenvalue weighted by Crippen LogP contribution is 2.22. The Hall–Kier alpha value is -2.04. The van der Waals surface area contributed by atoms with E-state index in [0.29, 0.717) is 16.4 Å². The summed E-state index contributed by atoms with van der Waals surface area (Å²) in [6.45, 7) is 1.86. The van der Waals surface area contributed by atoms with E-state index in [1.54, 1.807) is 18.2 Å². The Kier molecular flexibility index (Phi) is 5.20. The molecule has 2 aromatic rings. The number of nitrogens with one attached hydrogen (secondary N) is 1. The fourth-order valence-corrected chi connectivity index (χ4v) is 2.04. The van der Waals surface area contributed by atoms with E-state index in [9.17, 15) is 4.79 Å². The lowest BCUT2D eigenvalue weighted by Crippen LogP contribution is -2.20. The van der Waals surface area contributed by atoms with Gasteiger partial charge in [-0.15, -0.1) is 0 Å². The van der Waals surface area contributed by atoms with Crippen molar-refractivity contribution < 1.29 is 9.53 Å². The van der Waals surface area contributed by atoms with Crippen LogP contribution in [0.4, 0.5) is 11.4 Å². The molecule has 110 valence electrons. The van der Waals surface area contributed by atoms with E-state index in [2.05, 4.69) is 5.32 Å². The minimum Gasteiger partial charge on any atom is -0.397 e. The summed E-state index contributed by atoms with van der Waals surface area (Å²) in [6, 6.07) is 14.6. The van der Waals surface area contributed by atoms with E-state index in [-0.39, 0.29) is 18.6 Å². The minimum atomic E-state index is -0.258. The zero-order valence-corrected chi connectivity index (χ0v) is 12.4. The van der Waals surface area contributed by atoms with Crippen LogP contribution in [0.5, 0.6) is 0 Å². The SMILES string of the molecule is CC(OCC(=O)Nc1ccc(Cl)cc1N)c1ccccc1. The Morgan fingerprint density at radius 3 is 2.67 bits per heavy atom. The lowest BCUT2D eigenvalue weighted by atomic mass is 10.1. The summed E-state index contributed by atoms with van der Waals surface area (Å²) < 4.78 is 5.55. The quantitative estimate of drug-likeness (QED) is 0.829. The van der Waals surface area contributed by atoms with Crippen LogP contribution in [0, 0.1) is 0 Å². The van der Waals surface area contributed by atoms with Crippen molar-refractivity contribution in [2.45, 2.75) is 13.0 Å². The molecule has 5 heteroatoms. The number of carbonyl (C=O) groups excluding carboxylic acids is 1. The Morgan fingerprint density at radius 1 is 1.29 bits per heavy atom. The van der Waals surface area contributed by atoms with Gasteiger partial charge < -0.3 is 15.8 Å². The first-order valence-electron chi connectivity index (χ1n) is 6.57. The van der Waals surface area contributed by atoms with Gasteiger partial charge in [0.2, 0.25) is 5.91 Å². The third-order valence-electron chi connectivity index (χ3n) is 3.02. The zero-order chi connectivity index (χ0) is 15.2. The fourth-order valence-electron chi connectivity index (χ4n) is 1.85. The third kappa shape index (κ3) is 4.48. The summed E-state index contributed by atoms with van der Waals surface area (Å²) in [5.41, 5.74) is 7.75. The number of nitrogens with two attached hydrogens (primary N) is 1. The number of carbonyl (C=O) groups is 1. The lowest BCUT2D eigenvalue weighted by molar-refractivity contribution is -0.122. The second-order valence-electron chi connectivity index (χ2n) is 4.64. The molecule has 0 fully saturated rings. The van der Waals surface area contributed by atoms with Crippen molar-refractivity contribution in [2.75, 3.05) is 17.7 Å². The van der Waals surface area contributed by atoms with Crippen molar-refractivity contribution in [1.29, 1.82) is 0 Å². The molecular weight excluding hydrogens is 288 g/mol. The zero-order valence-electron chi connectivity index (χ0n) is 11.7. The van der Waals surface area contributed by atoms with Crippen LogP contribution in [-0.2, 0) is 9.53 Å². The highest BCUT2D eigenvalue weighted by Gasteiger charge is 2.10. The molecule has 0 spiro atoms. The average molecular weight is 305 g/mol. The van der Waals surface area contributed by atoms with Gasteiger partial charge in [0.1, 0.15) is 6.61 Å². The summed E-state index contributed by atoms with van der Waals surface area (Å²) in [4.78, 5) is 11.9. The molecule has 0 aliphatic heterocycles. The molecule has 0 aliphatic carbocycles. The van der Waals surface area contributed by atoms with Gasteiger partial charge in [-0.1, -0.05) is 41.9 Å². The van der Waals surface area contributed by atoms with Crippen LogP contribution in [0.3, 0.4) is 0 Å². The highest BCUT2D eigenvalue weighted by molar-refractivity contribution is 6.31. The van der Waals surface area contributed by atoms with Gasteiger partial charge in [0.05, 0.1) is 17.5 Å². The second kappa shape index (κ2) is 7.11. The molecule has 0 heterocycles. The third-order valence-corrected chi connectivity index (χ3v) is 3.26. The Labute approximate surface area is 128 Å². The van der Waals surface area contributed by atoms with Crippen LogP contribution < -0.4 is 11.1 Å². The van der Waals surface area contributed by atoms with Crippen molar-refractivity contribution in [3.63, 3.8) is 0 Å². The van der Waals surface area contributed by atoms with Gasteiger partial charge in [-0.25, -0.2) is 0 Å². The van der Waals surface area contributed by atoms with Crippen LogP contribution in [0.2, 0.25) is 5.02 Å². The first-order valence-corrected chi connectivity index (χ1v) is 6.95. The molecule has 2 aromatic carbocycles. The van der Waals surface area contributed by atoms with Gasteiger partial charge in [0, 0.05) is 5.02 Å². The summed E-state index contributed by atoms with van der Waals surface area (Å²) in [5.74, 6) is -0.258. The maximum absolute atomic E-state index is 11.9. The average Bonchev–Trinajstić information content (AvgIpc) is 2.48. The Morgan fingerprint density at radius 2 is 2.00 bits per heavy atom.